The largest absolute Gasteiger partial charge is 0.315 e. The molecule has 1 aliphatic rings. The summed E-state index contributed by atoms with van der Waals surface area (Å²) < 4.78 is 0. The van der Waals surface area contributed by atoms with Crippen molar-refractivity contribution in [3.8, 4) is 17.5 Å². The summed E-state index contributed by atoms with van der Waals surface area (Å²) in [4.78, 5) is 14.8. The first-order valence-corrected chi connectivity index (χ1v) is 9.15. The number of thiophene rings is 1. The van der Waals surface area contributed by atoms with Crippen molar-refractivity contribution in [2.24, 2.45) is 0 Å². The van der Waals surface area contributed by atoms with E-state index in [1.165, 1.54) is 21.0 Å². The molecule has 3 aromatic rings. The van der Waals surface area contributed by atoms with Crippen LogP contribution < -0.4 is 5.32 Å². The number of anilines is 1. The number of tetrazole rings is 1. The van der Waals surface area contributed by atoms with Crippen LogP contribution in [0.2, 0.25) is 0 Å². The van der Waals surface area contributed by atoms with Crippen LogP contribution in [0.4, 0.5) is 5.00 Å². The summed E-state index contributed by atoms with van der Waals surface area (Å²) in [6.07, 6.45) is 2.97. The maximum Gasteiger partial charge on any atom is 0.248 e. The minimum Gasteiger partial charge on any atom is -0.315 e. The number of nitrogens with one attached hydrogen (secondary N) is 1. The molecule has 2 aromatic heterocycles. The van der Waals surface area contributed by atoms with Crippen LogP contribution in [0.1, 0.15) is 28.0 Å². The fraction of sp³-hybridized carbons (Fsp3) is 0.278. The number of amides is 1. The van der Waals surface area contributed by atoms with Crippen molar-refractivity contribution in [2.45, 2.75) is 32.7 Å². The van der Waals surface area contributed by atoms with Gasteiger partial charge in [0.15, 0.2) is 0 Å². The van der Waals surface area contributed by atoms with E-state index in [4.69, 9.17) is 0 Å². The first kappa shape index (κ1) is 16.4. The van der Waals surface area contributed by atoms with Gasteiger partial charge in [0, 0.05) is 10.4 Å². The fourth-order valence-corrected chi connectivity index (χ4v) is 4.40. The quantitative estimate of drug-likeness (QED) is 0.768. The van der Waals surface area contributed by atoms with Gasteiger partial charge in [0.1, 0.15) is 17.6 Å². The summed E-state index contributed by atoms with van der Waals surface area (Å²) in [6, 6.07) is 9.97. The Hall–Kier alpha value is -3.05. The molecule has 4 rings (SSSR count). The zero-order chi connectivity index (χ0) is 18.1. The van der Waals surface area contributed by atoms with Crippen LogP contribution in [0.3, 0.4) is 0 Å². The Bertz CT molecular complexity index is 1030. The lowest BCUT2D eigenvalue weighted by Gasteiger charge is -2.03. The first-order valence-electron chi connectivity index (χ1n) is 8.34. The van der Waals surface area contributed by atoms with Gasteiger partial charge in [-0.25, -0.2) is 0 Å². The molecule has 0 bridgehead atoms. The second kappa shape index (κ2) is 6.69. The van der Waals surface area contributed by atoms with Crippen molar-refractivity contribution in [1.29, 1.82) is 5.26 Å². The number of benzene rings is 1. The molecule has 0 atom stereocenters. The summed E-state index contributed by atoms with van der Waals surface area (Å²) in [5, 5.41) is 25.1. The molecule has 1 aromatic carbocycles. The molecule has 0 spiro atoms. The number of fused-ring (bicyclic) bond motifs is 1. The van der Waals surface area contributed by atoms with E-state index in [1.54, 1.807) is 0 Å². The average molecular weight is 364 g/mol. The minimum atomic E-state index is -0.268. The summed E-state index contributed by atoms with van der Waals surface area (Å²) in [6.45, 7) is 1.93. The zero-order valence-corrected chi connectivity index (χ0v) is 15.0. The van der Waals surface area contributed by atoms with E-state index in [0.717, 1.165) is 36.0 Å². The van der Waals surface area contributed by atoms with Crippen LogP contribution in [-0.2, 0) is 24.2 Å². The minimum absolute atomic E-state index is 0.0493. The predicted molar refractivity (Wildman–Crippen MR) is 97.7 cm³/mol. The Morgan fingerprint density at radius 1 is 1.38 bits per heavy atom. The number of nitriles is 1. The highest BCUT2D eigenvalue weighted by Crippen LogP contribution is 2.38. The molecule has 26 heavy (non-hydrogen) atoms. The number of rotatable bonds is 4. The van der Waals surface area contributed by atoms with Crippen molar-refractivity contribution in [3.63, 3.8) is 0 Å². The van der Waals surface area contributed by atoms with Crippen LogP contribution in [0.5, 0.6) is 0 Å². The summed E-state index contributed by atoms with van der Waals surface area (Å²) >= 11 is 1.50. The van der Waals surface area contributed by atoms with Gasteiger partial charge in [-0.05, 0) is 42.5 Å². The van der Waals surface area contributed by atoms with Crippen LogP contribution in [0.25, 0.3) is 11.4 Å². The molecule has 2 heterocycles. The molecule has 0 saturated heterocycles. The number of aryl methyl sites for hydroxylation is 2. The van der Waals surface area contributed by atoms with Gasteiger partial charge in [-0.15, -0.1) is 21.5 Å². The molecule has 1 aliphatic carbocycles. The van der Waals surface area contributed by atoms with Gasteiger partial charge < -0.3 is 5.32 Å². The maximum absolute atomic E-state index is 12.3. The summed E-state index contributed by atoms with van der Waals surface area (Å²) in [5.74, 6) is 0.221. The lowest BCUT2D eigenvalue weighted by Crippen LogP contribution is -2.20. The topological polar surface area (TPSA) is 96.5 Å². The van der Waals surface area contributed by atoms with Crippen LogP contribution in [0.15, 0.2) is 24.3 Å². The highest BCUT2D eigenvalue weighted by Gasteiger charge is 2.23. The molecule has 0 fully saturated rings. The van der Waals surface area contributed by atoms with Gasteiger partial charge in [-0.3, -0.25) is 4.79 Å². The number of hydrogen-bond donors (Lipinski definition) is 1. The highest BCUT2D eigenvalue weighted by atomic mass is 32.1. The van der Waals surface area contributed by atoms with Gasteiger partial charge >= 0.3 is 0 Å². The second-order valence-corrected chi connectivity index (χ2v) is 7.28. The molecular formula is C18H16N6OS. The summed E-state index contributed by atoms with van der Waals surface area (Å²) in [5.41, 5.74) is 3.63. The van der Waals surface area contributed by atoms with Gasteiger partial charge in [-0.2, -0.15) is 10.1 Å². The molecule has 130 valence electrons. The van der Waals surface area contributed by atoms with E-state index in [9.17, 15) is 10.1 Å². The van der Waals surface area contributed by atoms with E-state index in [-0.39, 0.29) is 12.5 Å². The molecule has 7 nitrogen and oxygen atoms in total. The fourth-order valence-electron chi connectivity index (χ4n) is 3.15. The number of carbonyl (C=O) groups excluding carboxylic acids is 1. The van der Waals surface area contributed by atoms with Crippen molar-refractivity contribution in [1.82, 2.24) is 20.2 Å². The van der Waals surface area contributed by atoms with Gasteiger partial charge in [0.05, 0.1) is 5.56 Å². The first-order chi connectivity index (χ1) is 12.7. The molecule has 0 saturated carbocycles. The van der Waals surface area contributed by atoms with E-state index in [2.05, 4.69) is 26.8 Å². The normalized spacial score (nSPS) is 12.6. The maximum atomic E-state index is 12.3. The Kier molecular flexibility index (Phi) is 4.22. The van der Waals surface area contributed by atoms with E-state index < -0.39 is 0 Å². The van der Waals surface area contributed by atoms with E-state index in [1.807, 2.05) is 31.2 Å². The number of nitrogens with zero attached hydrogens (tertiary/aromatic N) is 5. The van der Waals surface area contributed by atoms with Crippen LogP contribution >= 0.6 is 11.3 Å². The molecule has 8 heteroatoms. The zero-order valence-electron chi connectivity index (χ0n) is 14.2. The van der Waals surface area contributed by atoms with Crippen molar-refractivity contribution in [3.05, 3.63) is 45.8 Å². The third-order valence-corrected chi connectivity index (χ3v) is 5.62. The lowest BCUT2D eigenvalue weighted by molar-refractivity contribution is -0.117. The molecule has 0 unspecified atom stereocenters. The predicted octanol–water partition coefficient (Wildman–Crippen LogP) is 2.71. The number of aromatic nitrogens is 4. The van der Waals surface area contributed by atoms with Gasteiger partial charge in [0.25, 0.3) is 0 Å². The SMILES string of the molecule is Cc1ccccc1-c1nnn(CC(=O)Nc2sc3c(c2C#N)CCC3)n1. The Morgan fingerprint density at radius 2 is 2.23 bits per heavy atom. The standard InChI is InChI=1S/C18H16N6OS/c1-11-5-2-3-6-12(11)17-21-23-24(22-17)10-16(25)20-18-14(9-19)13-7-4-8-15(13)26-18/h2-3,5-6H,4,7-8,10H2,1H3,(H,20,25). The van der Waals surface area contributed by atoms with E-state index in [0.29, 0.717) is 16.4 Å². The van der Waals surface area contributed by atoms with Crippen molar-refractivity contribution < 1.29 is 4.79 Å². The third kappa shape index (κ3) is 2.97. The van der Waals surface area contributed by atoms with E-state index >= 15 is 0 Å². The molecular weight excluding hydrogens is 348 g/mol. The number of hydrogen-bond acceptors (Lipinski definition) is 6. The number of carbonyl (C=O) groups is 1. The highest BCUT2D eigenvalue weighted by molar-refractivity contribution is 7.16. The Balaban J connectivity index is 1.48. The summed E-state index contributed by atoms with van der Waals surface area (Å²) in [7, 11) is 0. The molecule has 1 amide bonds. The Morgan fingerprint density at radius 3 is 3.04 bits per heavy atom. The second-order valence-electron chi connectivity index (χ2n) is 6.18. The van der Waals surface area contributed by atoms with Crippen molar-refractivity contribution >= 4 is 22.2 Å². The van der Waals surface area contributed by atoms with Crippen molar-refractivity contribution in [2.75, 3.05) is 5.32 Å². The van der Waals surface area contributed by atoms with Crippen LogP contribution in [-0.4, -0.2) is 26.1 Å². The monoisotopic (exact) mass is 364 g/mol. The molecule has 0 radical (unpaired) electrons. The lowest BCUT2D eigenvalue weighted by atomic mass is 10.1. The average Bonchev–Trinajstić information content (AvgIpc) is 3.31. The Labute approximate surface area is 154 Å². The van der Waals surface area contributed by atoms with Gasteiger partial charge in [-0.1, -0.05) is 24.3 Å². The molecule has 1 N–H and O–H groups in total. The smallest absolute Gasteiger partial charge is 0.248 e. The van der Waals surface area contributed by atoms with Crippen LogP contribution in [0, 0.1) is 18.3 Å². The van der Waals surface area contributed by atoms with Gasteiger partial charge in [0.2, 0.25) is 11.7 Å². The molecule has 0 aliphatic heterocycles. The third-order valence-electron chi connectivity index (χ3n) is 4.41.